The maximum Gasteiger partial charge on any atom is 0.119 e. The van der Waals surface area contributed by atoms with Gasteiger partial charge in [0.05, 0.1) is 0 Å². The van der Waals surface area contributed by atoms with E-state index < -0.39 is 0 Å². The summed E-state index contributed by atoms with van der Waals surface area (Å²) >= 11 is 0. The fourth-order valence-electron chi connectivity index (χ4n) is 1.16. The number of hydrogen-bond acceptors (Lipinski definition) is 3. The second-order valence-corrected chi connectivity index (χ2v) is 3.42. The van der Waals surface area contributed by atoms with Crippen LogP contribution < -0.4 is 0 Å². The predicted octanol–water partition coefficient (Wildman–Crippen LogP) is 1.72. The molecular formula is C10H15NO2. The number of rotatable bonds is 2. The number of phenols is 2. The van der Waals surface area contributed by atoms with Gasteiger partial charge in [-0.15, -0.1) is 0 Å². The highest BCUT2D eigenvalue weighted by molar-refractivity contribution is 5.37. The third kappa shape index (κ3) is 2.36. The molecule has 0 saturated heterocycles. The van der Waals surface area contributed by atoms with Crippen molar-refractivity contribution in [1.82, 2.24) is 4.90 Å². The zero-order valence-corrected chi connectivity index (χ0v) is 8.15. The van der Waals surface area contributed by atoms with Crippen molar-refractivity contribution >= 4 is 0 Å². The SMILES string of the molecule is CC(c1cc(O)cc(O)c1)N(C)C. The molecule has 2 N–H and O–H groups in total. The Bertz CT molecular complexity index is 277. The first kappa shape index (κ1) is 9.86. The summed E-state index contributed by atoms with van der Waals surface area (Å²) in [7, 11) is 3.90. The second kappa shape index (κ2) is 3.66. The predicted molar refractivity (Wildman–Crippen MR) is 51.9 cm³/mol. The molecule has 0 amide bonds. The fraction of sp³-hybridized carbons (Fsp3) is 0.400. The Morgan fingerprint density at radius 1 is 1.08 bits per heavy atom. The molecule has 0 spiro atoms. The highest BCUT2D eigenvalue weighted by Gasteiger charge is 2.09. The molecule has 3 heteroatoms. The van der Waals surface area contributed by atoms with E-state index in [0.29, 0.717) is 0 Å². The molecule has 72 valence electrons. The van der Waals surface area contributed by atoms with Gasteiger partial charge in [-0.3, -0.25) is 0 Å². The van der Waals surface area contributed by atoms with Crippen LogP contribution in [0.4, 0.5) is 0 Å². The summed E-state index contributed by atoms with van der Waals surface area (Å²) in [6.45, 7) is 2.01. The van der Waals surface area contributed by atoms with Gasteiger partial charge >= 0.3 is 0 Å². The van der Waals surface area contributed by atoms with Gasteiger partial charge in [0.1, 0.15) is 11.5 Å². The van der Waals surface area contributed by atoms with Crippen LogP contribution in [0.1, 0.15) is 18.5 Å². The van der Waals surface area contributed by atoms with Gasteiger partial charge in [0, 0.05) is 12.1 Å². The van der Waals surface area contributed by atoms with Crippen LogP contribution in [0.2, 0.25) is 0 Å². The van der Waals surface area contributed by atoms with Crippen LogP contribution in [0.15, 0.2) is 18.2 Å². The molecule has 0 fully saturated rings. The standard InChI is InChI=1S/C10H15NO2/c1-7(11(2)3)8-4-9(12)6-10(13)5-8/h4-7,12-13H,1-3H3. The number of hydrogen-bond donors (Lipinski definition) is 2. The first-order chi connectivity index (χ1) is 6.00. The average molecular weight is 181 g/mol. The first-order valence-electron chi connectivity index (χ1n) is 4.20. The summed E-state index contributed by atoms with van der Waals surface area (Å²) in [4.78, 5) is 2.01. The van der Waals surface area contributed by atoms with E-state index in [1.807, 2.05) is 25.9 Å². The molecule has 0 aromatic heterocycles. The van der Waals surface area contributed by atoms with Crippen molar-refractivity contribution in [3.05, 3.63) is 23.8 Å². The number of benzene rings is 1. The lowest BCUT2D eigenvalue weighted by molar-refractivity contribution is 0.319. The van der Waals surface area contributed by atoms with Crippen LogP contribution in [0, 0.1) is 0 Å². The minimum absolute atomic E-state index is 0.101. The van der Waals surface area contributed by atoms with Crippen LogP contribution in [0.3, 0.4) is 0 Å². The molecule has 1 unspecified atom stereocenters. The molecule has 13 heavy (non-hydrogen) atoms. The normalized spacial score (nSPS) is 13.2. The van der Waals surface area contributed by atoms with Crippen molar-refractivity contribution in [2.75, 3.05) is 14.1 Å². The van der Waals surface area contributed by atoms with Gasteiger partial charge in [-0.05, 0) is 38.7 Å². The van der Waals surface area contributed by atoms with Gasteiger partial charge in [-0.1, -0.05) is 0 Å². The third-order valence-electron chi connectivity index (χ3n) is 2.18. The lowest BCUT2D eigenvalue weighted by Gasteiger charge is -2.20. The van der Waals surface area contributed by atoms with E-state index in [4.69, 9.17) is 0 Å². The molecule has 1 rings (SSSR count). The Morgan fingerprint density at radius 3 is 1.92 bits per heavy atom. The maximum absolute atomic E-state index is 9.25. The van der Waals surface area contributed by atoms with Crippen LogP contribution in [-0.4, -0.2) is 29.2 Å². The molecule has 1 aromatic carbocycles. The molecule has 0 heterocycles. The largest absolute Gasteiger partial charge is 0.508 e. The van der Waals surface area contributed by atoms with Gasteiger partial charge in [-0.25, -0.2) is 0 Å². The summed E-state index contributed by atoms with van der Waals surface area (Å²) in [5, 5.41) is 18.5. The van der Waals surface area contributed by atoms with Gasteiger partial charge in [-0.2, -0.15) is 0 Å². The number of nitrogens with zero attached hydrogens (tertiary/aromatic N) is 1. The van der Waals surface area contributed by atoms with E-state index in [2.05, 4.69) is 0 Å². The Labute approximate surface area is 78.2 Å². The zero-order valence-electron chi connectivity index (χ0n) is 8.15. The molecular weight excluding hydrogens is 166 g/mol. The maximum atomic E-state index is 9.25. The molecule has 1 atom stereocenters. The fourth-order valence-corrected chi connectivity index (χ4v) is 1.16. The van der Waals surface area contributed by atoms with Crippen LogP contribution >= 0.6 is 0 Å². The topological polar surface area (TPSA) is 43.7 Å². The zero-order chi connectivity index (χ0) is 10.0. The van der Waals surface area contributed by atoms with Crippen molar-refractivity contribution in [2.45, 2.75) is 13.0 Å². The van der Waals surface area contributed by atoms with E-state index in [0.717, 1.165) is 5.56 Å². The molecule has 0 aliphatic heterocycles. The Morgan fingerprint density at radius 2 is 1.54 bits per heavy atom. The highest BCUT2D eigenvalue weighted by Crippen LogP contribution is 2.26. The minimum Gasteiger partial charge on any atom is -0.508 e. The van der Waals surface area contributed by atoms with E-state index in [1.165, 1.54) is 6.07 Å². The summed E-state index contributed by atoms with van der Waals surface area (Å²) in [6.07, 6.45) is 0. The van der Waals surface area contributed by atoms with Crippen molar-refractivity contribution in [2.24, 2.45) is 0 Å². The van der Waals surface area contributed by atoms with Crippen molar-refractivity contribution in [1.29, 1.82) is 0 Å². The molecule has 0 radical (unpaired) electrons. The van der Waals surface area contributed by atoms with Crippen molar-refractivity contribution in [3.8, 4) is 11.5 Å². The van der Waals surface area contributed by atoms with E-state index in [-0.39, 0.29) is 17.5 Å². The summed E-state index contributed by atoms with van der Waals surface area (Å²) in [5.41, 5.74) is 0.905. The third-order valence-corrected chi connectivity index (χ3v) is 2.18. The van der Waals surface area contributed by atoms with Gasteiger partial charge in [0.2, 0.25) is 0 Å². The van der Waals surface area contributed by atoms with Gasteiger partial charge in [0.15, 0.2) is 0 Å². The summed E-state index contributed by atoms with van der Waals surface area (Å²) in [5.74, 6) is 0.201. The van der Waals surface area contributed by atoms with Crippen LogP contribution in [-0.2, 0) is 0 Å². The highest BCUT2D eigenvalue weighted by atomic mass is 16.3. The van der Waals surface area contributed by atoms with Crippen molar-refractivity contribution < 1.29 is 10.2 Å². The van der Waals surface area contributed by atoms with Gasteiger partial charge < -0.3 is 15.1 Å². The molecule has 0 aliphatic rings. The monoisotopic (exact) mass is 181 g/mol. The second-order valence-electron chi connectivity index (χ2n) is 3.42. The summed E-state index contributed by atoms with van der Waals surface area (Å²) < 4.78 is 0. The minimum atomic E-state index is 0.101. The molecule has 3 nitrogen and oxygen atoms in total. The van der Waals surface area contributed by atoms with Crippen LogP contribution in [0.25, 0.3) is 0 Å². The molecule has 0 aliphatic carbocycles. The Balaban J connectivity index is 3.01. The van der Waals surface area contributed by atoms with E-state index >= 15 is 0 Å². The summed E-state index contributed by atoms with van der Waals surface area (Å²) in [6, 6.07) is 4.82. The van der Waals surface area contributed by atoms with E-state index in [1.54, 1.807) is 12.1 Å². The first-order valence-corrected chi connectivity index (χ1v) is 4.20. The molecule has 1 aromatic rings. The Hall–Kier alpha value is -1.22. The molecule has 0 bridgehead atoms. The van der Waals surface area contributed by atoms with Gasteiger partial charge in [0.25, 0.3) is 0 Å². The lowest BCUT2D eigenvalue weighted by Crippen LogP contribution is -2.16. The van der Waals surface area contributed by atoms with Crippen LogP contribution in [0.5, 0.6) is 11.5 Å². The van der Waals surface area contributed by atoms with Crippen molar-refractivity contribution in [3.63, 3.8) is 0 Å². The quantitative estimate of drug-likeness (QED) is 0.730. The van der Waals surface area contributed by atoms with E-state index in [9.17, 15) is 10.2 Å². The number of phenolic OH excluding ortho intramolecular Hbond substituents is 2. The Kier molecular flexibility index (Phi) is 2.78. The number of aromatic hydroxyl groups is 2. The molecule has 0 saturated carbocycles. The lowest BCUT2D eigenvalue weighted by atomic mass is 10.1. The smallest absolute Gasteiger partial charge is 0.119 e. The average Bonchev–Trinajstić information content (AvgIpc) is 2.01.